The third kappa shape index (κ3) is 5.92. The summed E-state index contributed by atoms with van der Waals surface area (Å²) in [7, 11) is 0. The molecule has 2 heterocycles. The van der Waals surface area contributed by atoms with Crippen molar-refractivity contribution in [1.29, 1.82) is 5.26 Å². The topological polar surface area (TPSA) is 111 Å². The normalized spacial score (nSPS) is 21.3. The van der Waals surface area contributed by atoms with E-state index in [1.165, 1.54) is 0 Å². The summed E-state index contributed by atoms with van der Waals surface area (Å²) in [6, 6.07) is 10.8. The van der Waals surface area contributed by atoms with Gasteiger partial charge in [-0.1, -0.05) is 11.6 Å². The van der Waals surface area contributed by atoms with Gasteiger partial charge in [0, 0.05) is 31.8 Å². The van der Waals surface area contributed by atoms with Gasteiger partial charge in [0.2, 0.25) is 0 Å². The Bertz CT molecular complexity index is 994. The number of aliphatic hydroxyl groups is 1. The van der Waals surface area contributed by atoms with E-state index in [-0.39, 0.29) is 24.7 Å². The van der Waals surface area contributed by atoms with Crippen molar-refractivity contribution in [3.05, 3.63) is 46.6 Å². The highest BCUT2D eigenvalue weighted by Gasteiger charge is 2.25. The molecule has 1 amide bonds. The standard InChI is InChI=1S/C24H28ClN5O3/c25-21-13-20(4-1-17(21)14-26)33-19-5-2-18(3-6-19)27-24(32)22-7-8-23(29-28-22)30-11-9-16(15-31)10-12-30/h1,4,7-8,13,16,18-19,31H,2-3,5-6,9-12,15H2,(H,27,32)/t18-,19-. The van der Waals surface area contributed by atoms with Gasteiger partial charge in [0.15, 0.2) is 11.5 Å². The first-order valence-corrected chi connectivity index (χ1v) is 11.8. The summed E-state index contributed by atoms with van der Waals surface area (Å²) in [6.07, 6.45) is 5.18. The summed E-state index contributed by atoms with van der Waals surface area (Å²) in [5.41, 5.74) is 0.743. The van der Waals surface area contributed by atoms with Crippen LogP contribution in [0.3, 0.4) is 0 Å². The van der Waals surface area contributed by atoms with E-state index in [4.69, 9.17) is 21.6 Å². The Morgan fingerprint density at radius 1 is 1.15 bits per heavy atom. The molecule has 0 unspecified atom stereocenters. The minimum Gasteiger partial charge on any atom is -0.490 e. The summed E-state index contributed by atoms with van der Waals surface area (Å²) in [5, 5.41) is 30.1. The molecular weight excluding hydrogens is 442 g/mol. The van der Waals surface area contributed by atoms with Crippen molar-refractivity contribution < 1.29 is 14.6 Å². The lowest BCUT2D eigenvalue weighted by Gasteiger charge is -2.31. The van der Waals surface area contributed by atoms with E-state index in [1.807, 2.05) is 12.1 Å². The van der Waals surface area contributed by atoms with Crippen molar-refractivity contribution in [3.8, 4) is 11.8 Å². The zero-order valence-corrected chi connectivity index (χ0v) is 19.2. The largest absolute Gasteiger partial charge is 0.490 e. The van der Waals surface area contributed by atoms with Gasteiger partial charge >= 0.3 is 0 Å². The number of nitriles is 1. The summed E-state index contributed by atoms with van der Waals surface area (Å²) < 4.78 is 6.01. The van der Waals surface area contributed by atoms with Gasteiger partial charge < -0.3 is 20.1 Å². The van der Waals surface area contributed by atoms with Crippen LogP contribution in [0.15, 0.2) is 30.3 Å². The molecule has 1 aliphatic carbocycles. The molecule has 0 atom stereocenters. The van der Waals surface area contributed by atoms with Gasteiger partial charge in [0.05, 0.1) is 16.7 Å². The second-order valence-electron chi connectivity index (χ2n) is 8.71. The second-order valence-corrected chi connectivity index (χ2v) is 9.12. The van der Waals surface area contributed by atoms with Crippen LogP contribution in [0.25, 0.3) is 0 Å². The third-order valence-corrected chi connectivity index (χ3v) is 6.77. The van der Waals surface area contributed by atoms with E-state index in [0.29, 0.717) is 27.9 Å². The Labute approximate surface area is 198 Å². The Kier molecular flexibility index (Phi) is 7.63. The van der Waals surface area contributed by atoms with Crippen molar-refractivity contribution in [2.45, 2.75) is 50.7 Å². The van der Waals surface area contributed by atoms with E-state index < -0.39 is 0 Å². The second kappa shape index (κ2) is 10.8. The highest BCUT2D eigenvalue weighted by molar-refractivity contribution is 6.31. The van der Waals surface area contributed by atoms with Crippen LogP contribution in [-0.4, -0.2) is 53.1 Å². The minimum atomic E-state index is -0.212. The number of anilines is 1. The zero-order chi connectivity index (χ0) is 23.2. The Morgan fingerprint density at radius 2 is 1.91 bits per heavy atom. The highest BCUT2D eigenvalue weighted by atomic mass is 35.5. The van der Waals surface area contributed by atoms with Crippen LogP contribution in [0.1, 0.15) is 54.6 Å². The van der Waals surface area contributed by atoms with Gasteiger partial charge in [0.25, 0.3) is 5.91 Å². The van der Waals surface area contributed by atoms with E-state index in [1.54, 1.807) is 24.3 Å². The van der Waals surface area contributed by atoms with Gasteiger partial charge in [-0.05, 0) is 68.7 Å². The molecule has 8 nitrogen and oxygen atoms in total. The molecule has 33 heavy (non-hydrogen) atoms. The lowest BCUT2D eigenvalue weighted by molar-refractivity contribution is 0.0888. The number of hydrogen-bond acceptors (Lipinski definition) is 7. The van der Waals surface area contributed by atoms with E-state index >= 15 is 0 Å². The van der Waals surface area contributed by atoms with Crippen molar-refractivity contribution in [2.24, 2.45) is 5.92 Å². The first kappa shape index (κ1) is 23.3. The molecule has 4 rings (SSSR count). The number of aliphatic hydroxyl groups excluding tert-OH is 1. The van der Waals surface area contributed by atoms with Gasteiger partial charge in [-0.3, -0.25) is 4.79 Å². The SMILES string of the molecule is N#Cc1ccc(O[C@H]2CC[C@H](NC(=O)c3ccc(N4CCC(CO)CC4)nn3)CC2)cc1Cl. The molecule has 2 fully saturated rings. The first-order chi connectivity index (χ1) is 16.1. The predicted octanol–water partition coefficient (Wildman–Crippen LogP) is 3.33. The number of amides is 1. The highest BCUT2D eigenvalue weighted by Crippen LogP contribution is 2.27. The summed E-state index contributed by atoms with van der Waals surface area (Å²) in [6.45, 7) is 1.91. The third-order valence-electron chi connectivity index (χ3n) is 6.45. The number of hydrogen-bond donors (Lipinski definition) is 2. The van der Waals surface area contributed by atoms with Crippen molar-refractivity contribution >= 4 is 23.3 Å². The average molecular weight is 470 g/mol. The quantitative estimate of drug-likeness (QED) is 0.667. The Hall–Kier alpha value is -2.89. The molecular formula is C24H28ClN5O3. The maximum Gasteiger partial charge on any atom is 0.272 e. The van der Waals surface area contributed by atoms with E-state index in [0.717, 1.165) is 57.4 Å². The molecule has 2 N–H and O–H groups in total. The summed E-state index contributed by atoms with van der Waals surface area (Å²) in [4.78, 5) is 14.8. The molecule has 0 spiro atoms. The lowest BCUT2D eigenvalue weighted by Crippen LogP contribution is -2.40. The number of rotatable bonds is 6. The van der Waals surface area contributed by atoms with Crippen LogP contribution in [0.2, 0.25) is 5.02 Å². The van der Waals surface area contributed by atoms with Crippen molar-refractivity contribution in [1.82, 2.24) is 15.5 Å². The molecule has 1 saturated heterocycles. The van der Waals surface area contributed by atoms with Crippen molar-refractivity contribution in [2.75, 3.05) is 24.6 Å². The summed E-state index contributed by atoms with van der Waals surface area (Å²) >= 11 is 6.08. The average Bonchev–Trinajstić information content (AvgIpc) is 2.85. The van der Waals surface area contributed by atoms with Crippen LogP contribution in [0.5, 0.6) is 5.75 Å². The fraction of sp³-hybridized carbons (Fsp3) is 0.500. The van der Waals surface area contributed by atoms with Crippen molar-refractivity contribution in [3.63, 3.8) is 0 Å². The molecule has 0 radical (unpaired) electrons. The van der Waals surface area contributed by atoms with Gasteiger partial charge in [-0.25, -0.2) is 0 Å². The fourth-order valence-corrected chi connectivity index (χ4v) is 4.61. The number of piperidine rings is 1. The van der Waals surface area contributed by atoms with Crippen LogP contribution in [-0.2, 0) is 0 Å². The molecule has 1 aromatic heterocycles. The lowest BCUT2D eigenvalue weighted by atomic mass is 9.93. The molecule has 0 bridgehead atoms. The first-order valence-electron chi connectivity index (χ1n) is 11.4. The van der Waals surface area contributed by atoms with Gasteiger partial charge in [-0.2, -0.15) is 5.26 Å². The molecule has 2 aliphatic rings. The zero-order valence-electron chi connectivity index (χ0n) is 18.4. The Balaban J connectivity index is 1.24. The predicted molar refractivity (Wildman–Crippen MR) is 124 cm³/mol. The molecule has 1 aliphatic heterocycles. The van der Waals surface area contributed by atoms with Crippen LogP contribution < -0.4 is 15.0 Å². The number of benzene rings is 1. The molecule has 2 aromatic rings. The maximum atomic E-state index is 12.6. The van der Waals surface area contributed by atoms with Crippen LogP contribution in [0, 0.1) is 17.2 Å². The summed E-state index contributed by atoms with van der Waals surface area (Å²) in [5.74, 6) is 1.57. The smallest absolute Gasteiger partial charge is 0.272 e. The molecule has 1 saturated carbocycles. The van der Waals surface area contributed by atoms with Gasteiger partial charge in [-0.15, -0.1) is 10.2 Å². The minimum absolute atomic E-state index is 0.0520. The van der Waals surface area contributed by atoms with E-state index in [9.17, 15) is 9.90 Å². The Morgan fingerprint density at radius 3 is 2.52 bits per heavy atom. The van der Waals surface area contributed by atoms with Crippen LogP contribution in [0.4, 0.5) is 5.82 Å². The van der Waals surface area contributed by atoms with Crippen LogP contribution >= 0.6 is 11.6 Å². The number of carbonyl (C=O) groups is 1. The van der Waals surface area contributed by atoms with Gasteiger partial charge in [0.1, 0.15) is 11.8 Å². The monoisotopic (exact) mass is 469 g/mol. The number of nitrogens with one attached hydrogen (secondary N) is 1. The number of ether oxygens (including phenoxy) is 1. The molecule has 9 heteroatoms. The fourth-order valence-electron chi connectivity index (χ4n) is 4.40. The number of aromatic nitrogens is 2. The molecule has 1 aromatic carbocycles. The molecule has 174 valence electrons. The number of carbonyl (C=O) groups excluding carboxylic acids is 1. The number of halogens is 1. The maximum absolute atomic E-state index is 12.6. The van der Waals surface area contributed by atoms with E-state index in [2.05, 4.69) is 20.4 Å². The number of nitrogens with zero attached hydrogens (tertiary/aromatic N) is 4.